The first-order chi connectivity index (χ1) is 8.27. The Balaban J connectivity index is 2.21. The van der Waals surface area contributed by atoms with Gasteiger partial charge in [-0.1, -0.05) is 6.07 Å². The molecule has 8 heteroatoms. The van der Waals surface area contributed by atoms with Crippen LogP contribution in [-0.4, -0.2) is 36.7 Å². The molecule has 2 aromatic heterocycles. The summed E-state index contributed by atoms with van der Waals surface area (Å²) in [4.78, 5) is 15.0. The monoisotopic (exact) mass is 232 g/mol. The van der Waals surface area contributed by atoms with Gasteiger partial charge in [-0.25, -0.2) is 14.9 Å². The van der Waals surface area contributed by atoms with Crippen molar-refractivity contribution in [1.82, 2.24) is 25.6 Å². The first-order valence-corrected chi connectivity index (χ1v) is 4.62. The van der Waals surface area contributed by atoms with E-state index in [9.17, 15) is 4.79 Å². The third kappa shape index (κ3) is 2.62. The van der Waals surface area contributed by atoms with Gasteiger partial charge in [0.2, 0.25) is 0 Å². The lowest BCUT2D eigenvalue weighted by atomic mass is 10.3. The van der Waals surface area contributed by atoms with Gasteiger partial charge in [0.05, 0.1) is 0 Å². The fourth-order valence-electron chi connectivity index (χ4n) is 1.10. The molecule has 0 aliphatic heterocycles. The Hall–Kier alpha value is -2.77. The standard InChI is InChI=1S/C9H8N6O2/c16-9(17)6(8-12-14-15-13-8)5-11-7-3-1-2-4-10-7/h1-5H,(H,10,11)(H,16,17)(H,12,13,14,15). The van der Waals surface area contributed by atoms with Gasteiger partial charge in [-0.15, -0.1) is 5.10 Å². The maximum absolute atomic E-state index is 11.0. The van der Waals surface area contributed by atoms with Crippen molar-refractivity contribution in [2.75, 3.05) is 5.32 Å². The Morgan fingerprint density at radius 1 is 1.47 bits per heavy atom. The smallest absolute Gasteiger partial charge is 0.341 e. The summed E-state index contributed by atoms with van der Waals surface area (Å²) in [6.07, 6.45) is 2.86. The molecule has 2 rings (SSSR count). The predicted molar refractivity (Wildman–Crippen MR) is 57.7 cm³/mol. The Morgan fingerprint density at radius 3 is 2.94 bits per heavy atom. The van der Waals surface area contributed by atoms with Crippen LogP contribution < -0.4 is 5.32 Å². The van der Waals surface area contributed by atoms with Crippen molar-refractivity contribution in [1.29, 1.82) is 0 Å². The highest BCUT2D eigenvalue weighted by molar-refractivity contribution is 6.14. The summed E-state index contributed by atoms with van der Waals surface area (Å²) in [5, 5.41) is 24.2. The van der Waals surface area contributed by atoms with E-state index < -0.39 is 5.97 Å². The summed E-state index contributed by atoms with van der Waals surface area (Å²) in [6, 6.07) is 5.24. The van der Waals surface area contributed by atoms with Crippen LogP contribution in [0.2, 0.25) is 0 Å². The van der Waals surface area contributed by atoms with Crippen molar-refractivity contribution in [3.05, 3.63) is 36.4 Å². The van der Waals surface area contributed by atoms with E-state index in [1.165, 1.54) is 6.20 Å². The highest BCUT2D eigenvalue weighted by atomic mass is 16.4. The second kappa shape index (κ2) is 4.84. The molecule has 0 fully saturated rings. The molecule has 0 radical (unpaired) electrons. The third-order valence-corrected chi connectivity index (χ3v) is 1.86. The van der Waals surface area contributed by atoms with Gasteiger partial charge in [0.25, 0.3) is 0 Å². The lowest BCUT2D eigenvalue weighted by Gasteiger charge is -2.00. The maximum Gasteiger partial charge on any atom is 0.341 e. The van der Waals surface area contributed by atoms with Crippen LogP contribution in [-0.2, 0) is 4.79 Å². The molecule has 0 aromatic carbocycles. The fraction of sp³-hybridized carbons (Fsp3) is 0. The second-order valence-corrected chi connectivity index (χ2v) is 2.97. The Bertz CT molecular complexity index is 522. The quantitative estimate of drug-likeness (QED) is 0.641. The topological polar surface area (TPSA) is 117 Å². The molecule has 0 unspecified atom stereocenters. The number of carboxylic acids is 1. The van der Waals surface area contributed by atoms with E-state index in [0.29, 0.717) is 5.82 Å². The van der Waals surface area contributed by atoms with Crippen LogP contribution in [0, 0.1) is 0 Å². The van der Waals surface area contributed by atoms with Crippen LogP contribution in [0.15, 0.2) is 30.6 Å². The number of aromatic nitrogens is 5. The largest absolute Gasteiger partial charge is 0.477 e. The molecule has 0 spiro atoms. The molecule has 0 aliphatic carbocycles. The van der Waals surface area contributed by atoms with E-state index >= 15 is 0 Å². The van der Waals surface area contributed by atoms with Gasteiger partial charge in [0.15, 0.2) is 5.82 Å². The summed E-state index contributed by atoms with van der Waals surface area (Å²) >= 11 is 0. The molecule has 0 aliphatic rings. The number of H-pyrrole nitrogens is 1. The lowest BCUT2D eigenvalue weighted by Crippen LogP contribution is -2.04. The zero-order valence-electron chi connectivity index (χ0n) is 8.53. The van der Waals surface area contributed by atoms with Crippen molar-refractivity contribution in [2.45, 2.75) is 0 Å². The average molecular weight is 232 g/mol. The fourth-order valence-corrected chi connectivity index (χ4v) is 1.10. The normalized spacial score (nSPS) is 11.2. The minimum atomic E-state index is -1.15. The van der Waals surface area contributed by atoms with E-state index in [0.717, 1.165) is 0 Å². The number of aromatic amines is 1. The zero-order valence-corrected chi connectivity index (χ0v) is 8.53. The van der Waals surface area contributed by atoms with Crippen LogP contribution in [0.25, 0.3) is 5.57 Å². The van der Waals surface area contributed by atoms with Gasteiger partial charge >= 0.3 is 5.97 Å². The number of hydrogen-bond acceptors (Lipinski definition) is 6. The number of carboxylic acid groups (broad SMARTS) is 1. The minimum Gasteiger partial charge on any atom is -0.477 e. The van der Waals surface area contributed by atoms with E-state index in [-0.39, 0.29) is 11.4 Å². The van der Waals surface area contributed by atoms with E-state index in [4.69, 9.17) is 5.11 Å². The molecule has 0 saturated carbocycles. The molecule has 0 amide bonds. The average Bonchev–Trinajstić information content (AvgIpc) is 2.84. The van der Waals surface area contributed by atoms with Crippen LogP contribution in [0.3, 0.4) is 0 Å². The zero-order chi connectivity index (χ0) is 12.1. The lowest BCUT2D eigenvalue weighted by molar-refractivity contribution is -0.130. The molecule has 2 aromatic rings. The summed E-state index contributed by atoms with van der Waals surface area (Å²) < 4.78 is 0. The first kappa shape index (κ1) is 10.7. The number of hydrogen-bond donors (Lipinski definition) is 3. The minimum absolute atomic E-state index is 0.0703. The maximum atomic E-state index is 11.0. The molecular weight excluding hydrogens is 224 g/mol. The van der Waals surface area contributed by atoms with E-state index in [1.807, 2.05) is 0 Å². The molecule has 8 nitrogen and oxygen atoms in total. The van der Waals surface area contributed by atoms with Crippen LogP contribution in [0.4, 0.5) is 5.82 Å². The van der Waals surface area contributed by atoms with Gasteiger partial charge in [-0.05, 0) is 22.6 Å². The van der Waals surface area contributed by atoms with Crippen molar-refractivity contribution < 1.29 is 9.90 Å². The predicted octanol–water partition coefficient (Wildman–Crippen LogP) is 0.132. The number of pyridine rings is 1. The summed E-state index contributed by atoms with van der Waals surface area (Å²) in [6.45, 7) is 0. The molecule has 86 valence electrons. The number of nitrogens with zero attached hydrogens (tertiary/aromatic N) is 4. The number of anilines is 1. The van der Waals surface area contributed by atoms with Crippen LogP contribution in [0.5, 0.6) is 0 Å². The van der Waals surface area contributed by atoms with Crippen molar-refractivity contribution in [2.24, 2.45) is 0 Å². The first-order valence-electron chi connectivity index (χ1n) is 4.62. The van der Waals surface area contributed by atoms with Crippen molar-refractivity contribution >= 4 is 17.4 Å². The van der Waals surface area contributed by atoms with Crippen molar-refractivity contribution in [3.63, 3.8) is 0 Å². The van der Waals surface area contributed by atoms with Gasteiger partial charge in [0, 0.05) is 12.4 Å². The Morgan fingerprint density at radius 2 is 2.35 bits per heavy atom. The van der Waals surface area contributed by atoms with Gasteiger partial charge in [-0.3, -0.25) is 0 Å². The van der Waals surface area contributed by atoms with E-state index in [1.54, 1.807) is 24.4 Å². The highest BCUT2D eigenvalue weighted by Crippen LogP contribution is 2.08. The number of tetrazole rings is 1. The van der Waals surface area contributed by atoms with Crippen molar-refractivity contribution in [3.8, 4) is 0 Å². The number of carbonyl (C=O) groups is 1. The van der Waals surface area contributed by atoms with Crippen LogP contribution in [0.1, 0.15) is 5.82 Å². The number of nitrogens with one attached hydrogen (secondary N) is 2. The Kier molecular flexibility index (Phi) is 3.05. The van der Waals surface area contributed by atoms with Gasteiger partial charge < -0.3 is 10.4 Å². The molecule has 0 bridgehead atoms. The van der Waals surface area contributed by atoms with Gasteiger partial charge in [0.1, 0.15) is 11.4 Å². The number of aliphatic carboxylic acids is 1. The molecule has 2 heterocycles. The second-order valence-electron chi connectivity index (χ2n) is 2.97. The van der Waals surface area contributed by atoms with E-state index in [2.05, 4.69) is 30.9 Å². The molecule has 0 saturated heterocycles. The Labute approximate surface area is 95.4 Å². The third-order valence-electron chi connectivity index (χ3n) is 1.86. The SMILES string of the molecule is O=C(O)C(=CNc1ccccn1)c1nnn[nH]1. The highest BCUT2D eigenvalue weighted by Gasteiger charge is 2.13. The van der Waals surface area contributed by atoms with Crippen LogP contribution >= 0.6 is 0 Å². The molecule has 3 N–H and O–H groups in total. The summed E-state index contributed by atoms with van der Waals surface area (Å²) in [5.41, 5.74) is -0.0827. The number of rotatable bonds is 4. The molecular formula is C9H8N6O2. The van der Waals surface area contributed by atoms with Gasteiger partial charge in [-0.2, -0.15) is 0 Å². The summed E-state index contributed by atoms with van der Waals surface area (Å²) in [7, 11) is 0. The summed E-state index contributed by atoms with van der Waals surface area (Å²) in [5.74, 6) is -0.549. The molecule has 0 atom stereocenters. The molecule has 17 heavy (non-hydrogen) atoms.